The molecule has 1 aromatic carbocycles. The molecular formula is C17H15FN4O. The number of aromatic nitrogens is 3. The van der Waals surface area contributed by atoms with Crippen molar-refractivity contribution in [3.05, 3.63) is 65.6 Å². The van der Waals surface area contributed by atoms with Crippen LogP contribution in [-0.2, 0) is 6.42 Å². The van der Waals surface area contributed by atoms with E-state index in [0.29, 0.717) is 24.3 Å². The van der Waals surface area contributed by atoms with Gasteiger partial charge in [-0.25, -0.2) is 14.4 Å². The molecule has 0 fully saturated rings. The predicted molar refractivity (Wildman–Crippen MR) is 82.5 cm³/mol. The third-order valence-corrected chi connectivity index (χ3v) is 4.42. The molecule has 1 atom stereocenters. The minimum Gasteiger partial charge on any atom is -0.330 e. The Kier molecular flexibility index (Phi) is 3.11. The molecule has 0 N–H and O–H groups in total. The first-order valence-electron chi connectivity index (χ1n) is 7.52. The molecule has 6 heteroatoms. The predicted octanol–water partition coefficient (Wildman–Crippen LogP) is 2.63. The van der Waals surface area contributed by atoms with Gasteiger partial charge in [0.2, 0.25) is 0 Å². The molecule has 116 valence electrons. The lowest BCUT2D eigenvalue weighted by Crippen LogP contribution is -2.39. The summed E-state index contributed by atoms with van der Waals surface area (Å²) in [6.07, 6.45) is 7.43. The smallest absolute Gasteiger partial charge is 0.276 e. The van der Waals surface area contributed by atoms with Crippen molar-refractivity contribution in [1.82, 2.24) is 19.3 Å². The molecule has 0 saturated heterocycles. The first-order valence-corrected chi connectivity index (χ1v) is 7.52. The van der Waals surface area contributed by atoms with E-state index in [4.69, 9.17) is 0 Å². The molecule has 1 aliphatic heterocycles. The second-order valence-electron chi connectivity index (χ2n) is 5.70. The fourth-order valence-electron chi connectivity index (χ4n) is 3.22. The lowest BCUT2D eigenvalue weighted by Gasteiger charge is -2.35. The van der Waals surface area contributed by atoms with E-state index >= 15 is 0 Å². The van der Waals surface area contributed by atoms with Gasteiger partial charge in [-0.05, 0) is 36.6 Å². The van der Waals surface area contributed by atoms with Crippen LogP contribution >= 0.6 is 0 Å². The molecule has 2 aromatic heterocycles. The van der Waals surface area contributed by atoms with Crippen molar-refractivity contribution >= 4 is 11.6 Å². The summed E-state index contributed by atoms with van der Waals surface area (Å²) >= 11 is 0. The largest absolute Gasteiger partial charge is 0.330 e. The third-order valence-electron chi connectivity index (χ3n) is 4.42. The number of hydrogen-bond donors (Lipinski definition) is 0. The molecular weight excluding hydrogens is 295 g/mol. The van der Waals surface area contributed by atoms with E-state index in [1.165, 1.54) is 6.07 Å². The molecule has 0 aliphatic carbocycles. The molecule has 3 aromatic rings. The van der Waals surface area contributed by atoms with Gasteiger partial charge in [0.15, 0.2) is 11.3 Å². The number of nitrogens with zero attached hydrogens (tertiary/aromatic N) is 4. The van der Waals surface area contributed by atoms with Gasteiger partial charge >= 0.3 is 0 Å². The van der Waals surface area contributed by atoms with Crippen LogP contribution < -0.4 is 0 Å². The van der Waals surface area contributed by atoms with Crippen molar-refractivity contribution in [2.45, 2.75) is 19.4 Å². The van der Waals surface area contributed by atoms with Crippen LogP contribution in [0.15, 0.2) is 43.0 Å². The Labute approximate surface area is 132 Å². The number of carbonyl (C=O) groups excluding carboxylic acids is 1. The summed E-state index contributed by atoms with van der Waals surface area (Å²) < 4.78 is 15.2. The normalized spacial score (nSPS) is 17.3. The molecule has 0 radical (unpaired) electrons. The van der Waals surface area contributed by atoms with E-state index < -0.39 is 0 Å². The molecule has 1 amide bonds. The maximum absolute atomic E-state index is 13.4. The number of benzene rings is 1. The number of carbonyl (C=O) groups is 1. The van der Waals surface area contributed by atoms with Gasteiger partial charge in [-0.3, -0.25) is 4.79 Å². The average molecular weight is 310 g/mol. The van der Waals surface area contributed by atoms with E-state index in [9.17, 15) is 9.18 Å². The summed E-state index contributed by atoms with van der Waals surface area (Å²) in [6, 6.07) is 4.64. The van der Waals surface area contributed by atoms with Gasteiger partial charge < -0.3 is 9.30 Å². The van der Waals surface area contributed by atoms with E-state index in [1.807, 2.05) is 6.92 Å². The monoisotopic (exact) mass is 310 g/mol. The Morgan fingerprint density at radius 1 is 1.26 bits per heavy atom. The zero-order valence-electron chi connectivity index (χ0n) is 12.6. The van der Waals surface area contributed by atoms with Gasteiger partial charge in [-0.1, -0.05) is 6.07 Å². The van der Waals surface area contributed by atoms with Crippen LogP contribution in [0.4, 0.5) is 4.39 Å². The molecule has 23 heavy (non-hydrogen) atoms. The van der Waals surface area contributed by atoms with Crippen LogP contribution in [0.5, 0.6) is 0 Å². The number of halogens is 1. The van der Waals surface area contributed by atoms with Crippen molar-refractivity contribution in [2.24, 2.45) is 0 Å². The van der Waals surface area contributed by atoms with Gasteiger partial charge in [0.1, 0.15) is 5.82 Å². The zero-order valence-corrected chi connectivity index (χ0v) is 12.6. The topological polar surface area (TPSA) is 50.5 Å². The summed E-state index contributed by atoms with van der Waals surface area (Å²) in [5.41, 5.74) is 2.85. The number of rotatable bonds is 1. The van der Waals surface area contributed by atoms with Gasteiger partial charge in [0.25, 0.3) is 5.91 Å². The van der Waals surface area contributed by atoms with Crippen molar-refractivity contribution in [3.63, 3.8) is 0 Å². The molecule has 0 spiro atoms. The third kappa shape index (κ3) is 2.18. The SMILES string of the molecule is CC1c2ccc(F)cc2CCN1C(=O)c1nccn2ccnc12. The Bertz CT molecular complexity index is 904. The Morgan fingerprint density at radius 2 is 2.04 bits per heavy atom. The highest BCUT2D eigenvalue weighted by molar-refractivity contribution is 5.98. The molecule has 0 saturated carbocycles. The fourth-order valence-corrected chi connectivity index (χ4v) is 3.22. The van der Waals surface area contributed by atoms with Crippen LogP contribution in [0.25, 0.3) is 5.65 Å². The molecule has 5 nitrogen and oxygen atoms in total. The van der Waals surface area contributed by atoms with Crippen molar-refractivity contribution in [2.75, 3.05) is 6.54 Å². The molecule has 1 unspecified atom stereocenters. The molecule has 0 bridgehead atoms. The van der Waals surface area contributed by atoms with Crippen molar-refractivity contribution in [3.8, 4) is 0 Å². The zero-order chi connectivity index (χ0) is 16.0. The van der Waals surface area contributed by atoms with Crippen LogP contribution in [0.2, 0.25) is 0 Å². The first-order chi connectivity index (χ1) is 11.1. The standard InChI is InChI=1S/C17H15FN4O/c1-11-14-3-2-13(18)10-12(14)4-7-22(11)17(23)15-16-20-6-9-21(16)8-5-19-15/h2-3,5-6,8-11H,4,7H2,1H3. The average Bonchev–Trinajstić information content (AvgIpc) is 3.03. The van der Waals surface area contributed by atoms with E-state index in [0.717, 1.165) is 11.1 Å². The van der Waals surface area contributed by atoms with E-state index in [-0.39, 0.29) is 17.8 Å². The van der Waals surface area contributed by atoms with Crippen LogP contribution in [-0.4, -0.2) is 31.7 Å². The Hall–Kier alpha value is -2.76. The minimum absolute atomic E-state index is 0.121. The lowest BCUT2D eigenvalue weighted by molar-refractivity contribution is 0.0673. The quantitative estimate of drug-likeness (QED) is 0.694. The van der Waals surface area contributed by atoms with Crippen LogP contribution in [0, 0.1) is 5.82 Å². The number of amides is 1. The highest BCUT2D eigenvalue weighted by Crippen LogP contribution is 2.31. The van der Waals surface area contributed by atoms with Crippen LogP contribution in [0.1, 0.15) is 34.6 Å². The van der Waals surface area contributed by atoms with Crippen molar-refractivity contribution in [1.29, 1.82) is 0 Å². The Balaban J connectivity index is 1.72. The highest BCUT2D eigenvalue weighted by Gasteiger charge is 2.30. The summed E-state index contributed by atoms with van der Waals surface area (Å²) in [5.74, 6) is -0.385. The number of fused-ring (bicyclic) bond motifs is 2. The van der Waals surface area contributed by atoms with Crippen molar-refractivity contribution < 1.29 is 9.18 Å². The van der Waals surface area contributed by atoms with Gasteiger partial charge in [0, 0.05) is 31.3 Å². The summed E-state index contributed by atoms with van der Waals surface area (Å²) in [4.78, 5) is 23.2. The lowest BCUT2D eigenvalue weighted by atomic mass is 9.93. The summed E-state index contributed by atoms with van der Waals surface area (Å²) in [5, 5.41) is 0. The van der Waals surface area contributed by atoms with Gasteiger partial charge in [0.05, 0.1) is 6.04 Å². The highest BCUT2D eigenvalue weighted by atomic mass is 19.1. The minimum atomic E-state index is -0.237. The first kappa shape index (κ1) is 13.9. The second-order valence-corrected chi connectivity index (χ2v) is 5.70. The molecule has 3 heterocycles. The Morgan fingerprint density at radius 3 is 2.87 bits per heavy atom. The molecule has 1 aliphatic rings. The van der Waals surface area contributed by atoms with Crippen LogP contribution in [0.3, 0.4) is 0 Å². The maximum atomic E-state index is 13.4. The number of imidazole rings is 1. The molecule has 4 rings (SSSR count). The second kappa shape index (κ2) is 5.15. The summed E-state index contributed by atoms with van der Waals surface area (Å²) in [6.45, 7) is 2.50. The maximum Gasteiger partial charge on any atom is 0.276 e. The summed E-state index contributed by atoms with van der Waals surface area (Å²) in [7, 11) is 0. The number of hydrogen-bond acceptors (Lipinski definition) is 3. The fraction of sp³-hybridized carbons (Fsp3) is 0.235. The van der Waals surface area contributed by atoms with E-state index in [2.05, 4.69) is 9.97 Å². The van der Waals surface area contributed by atoms with Gasteiger partial charge in [-0.2, -0.15) is 0 Å². The van der Waals surface area contributed by atoms with E-state index in [1.54, 1.807) is 46.2 Å². The van der Waals surface area contributed by atoms with Gasteiger partial charge in [-0.15, -0.1) is 0 Å².